The molecule has 5 unspecified atom stereocenters. The number of carboxylic acids is 1. The number of aliphatic hydroxyl groups excluding tert-OH is 1. The van der Waals surface area contributed by atoms with Crippen molar-refractivity contribution in [3.05, 3.63) is 36.0 Å². The van der Waals surface area contributed by atoms with Gasteiger partial charge in [0.1, 0.15) is 24.2 Å². The average molecular weight is 537 g/mol. The summed E-state index contributed by atoms with van der Waals surface area (Å²) in [6.07, 6.45) is -0.0656. The van der Waals surface area contributed by atoms with E-state index in [0.29, 0.717) is 5.56 Å². The van der Waals surface area contributed by atoms with E-state index in [1.54, 1.807) is 12.3 Å². The maximum absolute atomic E-state index is 13.0. The Morgan fingerprint density at radius 3 is 2.19 bits per heavy atom. The lowest BCUT2D eigenvalue weighted by molar-refractivity contribution is -0.142. The van der Waals surface area contributed by atoms with E-state index in [1.807, 2.05) is 18.2 Å². The third-order valence-electron chi connectivity index (χ3n) is 5.66. The van der Waals surface area contributed by atoms with Crippen LogP contribution in [0.3, 0.4) is 0 Å². The molecule has 10 N–H and O–H groups in total. The quantitative estimate of drug-likeness (QED) is 0.124. The fraction of sp³-hybridized carbons (Fsp3) is 0.435. The number of aromatic amines is 1. The van der Waals surface area contributed by atoms with Crippen molar-refractivity contribution in [2.24, 2.45) is 11.5 Å². The molecule has 37 heavy (non-hydrogen) atoms. The zero-order valence-corrected chi connectivity index (χ0v) is 21.0. The predicted molar refractivity (Wildman–Crippen MR) is 137 cm³/mol. The Kier molecular flexibility index (Phi) is 10.9. The lowest BCUT2D eigenvalue weighted by atomic mass is 10.0. The number of nitrogens with one attached hydrogen (secondary N) is 4. The van der Waals surface area contributed by atoms with Gasteiger partial charge >= 0.3 is 5.97 Å². The Bertz CT molecular complexity index is 1140. The molecule has 1 aromatic carbocycles. The monoisotopic (exact) mass is 536 g/mol. The number of aliphatic carboxylic acids is 1. The summed E-state index contributed by atoms with van der Waals surface area (Å²) in [5.41, 5.74) is 12.2. The van der Waals surface area contributed by atoms with Crippen molar-refractivity contribution in [2.75, 3.05) is 5.75 Å². The van der Waals surface area contributed by atoms with Crippen LogP contribution in [0.4, 0.5) is 0 Å². The van der Waals surface area contributed by atoms with Gasteiger partial charge in [0.15, 0.2) is 0 Å². The summed E-state index contributed by atoms with van der Waals surface area (Å²) in [5.74, 6) is -4.70. The number of para-hydroxylation sites is 1. The van der Waals surface area contributed by atoms with Gasteiger partial charge < -0.3 is 42.6 Å². The van der Waals surface area contributed by atoms with E-state index in [4.69, 9.17) is 11.5 Å². The normalized spacial score (nSPS) is 15.1. The summed E-state index contributed by atoms with van der Waals surface area (Å²) in [6.45, 7) is 1.30. The summed E-state index contributed by atoms with van der Waals surface area (Å²) in [5, 5.41) is 27.1. The molecule has 0 saturated carbocycles. The molecule has 202 valence electrons. The van der Waals surface area contributed by atoms with Crippen molar-refractivity contribution >= 4 is 53.1 Å². The minimum atomic E-state index is -1.34. The van der Waals surface area contributed by atoms with Crippen LogP contribution < -0.4 is 27.4 Å². The second kappa shape index (κ2) is 13.6. The van der Waals surface area contributed by atoms with E-state index in [-0.39, 0.29) is 25.0 Å². The van der Waals surface area contributed by atoms with Crippen LogP contribution in [0.5, 0.6) is 0 Å². The van der Waals surface area contributed by atoms with Crippen LogP contribution in [-0.2, 0) is 30.4 Å². The first-order valence-corrected chi connectivity index (χ1v) is 12.1. The van der Waals surface area contributed by atoms with Crippen molar-refractivity contribution in [1.29, 1.82) is 0 Å². The molecule has 0 fully saturated rings. The number of hydrogen-bond donors (Lipinski definition) is 9. The number of primary amides is 1. The maximum Gasteiger partial charge on any atom is 0.326 e. The van der Waals surface area contributed by atoms with E-state index in [1.165, 1.54) is 6.92 Å². The third kappa shape index (κ3) is 8.48. The molecule has 1 aromatic heterocycles. The number of H-pyrrole nitrogens is 1. The van der Waals surface area contributed by atoms with Crippen molar-refractivity contribution in [2.45, 2.75) is 56.5 Å². The van der Waals surface area contributed by atoms with Gasteiger partial charge in [-0.05, 0) is 25.0 Å². The lowest BCUT2D eigenvalue weighted by Gasteiger charge is -2.24. The van der Waals surface area contributed by atoms with Crippen molar-refractivity contribution < 1.29 is 34.2 Å². The van der Waals surface area contributed by atoms with Gasteiger partial charge in [-0.2, -0.15) is 12.6 Å². The van der Waals surface area contributed by atoms with E-state index in [0.717, 1.165) is 10.9 Å². The number of aliphatic hydroxyl groups is 1. The van der Waals surface area contributed by atoms with Crippen LogP contribution in [0, 0.1) is 0 Å². The standard InChI is InChI=1S/C23H32N6O7S/c1-11(30)19(25)22(34)29-17(10-37)21(33)27-15(6-7-18(24)31)20(32)28-16(23(35)36)8-12-9-26-14-5-3-2-4-13(12)14/h2-5,9,11,15-17,19,26,30,37H,6-8,10,25H2,1H3,(H2,24,31)(H,27,33)(H,28,32)(H,29,34)(H,35,36). The number of benzene rings is 1. The first-order valence-electron chi connectivity index (χ1n) is 11.5. The number of carbonyl (C=O) groups excluding carboxylic acids is 4. The molecule has 0 aliphatic rings. The Labute approximate surface area is 218 Å². The third-order valence-corrected chi connectivity index (χ3v) is 6.03. The first kappa shape index (κ1) is 29.6. The van der Waals surface area contributed by atoms with Gasteiger partial charge in [0.2, 0.25) is 23.6 Å². The minimum Gasteiger partial charge on any atom is -0.480 e. The Morgan fingerprint density at radius 2 is 1.59 bits per heavy atom. The number of fused-ring (bicyclic) bond motifs is 1. The highest BCUT2D eigenvalue weighted by atomic mass is 32.1. The Balaban J connectivity index is 2.16. The number of rotatable bonds is 14. The number of hydrogen-bond acceptors (Lipinski definition) is 8. The highest BCUT2D eigenvalue weighted by Gasteiger charge is 2.31. The summed E-state index contributed by atoms with van der Waals surface area (Å²) < 4.78 is 0. The molecule has 0 aliphatic heterocycles. The molecule has 14 heteroatoms. The first-order chi connectivity index (χ1) is 17.4. The molecular formula is C23H32N6O7S. The molecule has 2 rings (SSSR count). The Hall–Kier alpha value is -3.62. The van der Waals surface area contributed by atoms with Gasteiger partial charge in [0, 0.05) is 35.7 Å². The molecule has 0 bridgehead atoms. The molecule has 0 spiro atoms. The smallest absolute Gasteiger partial charge is 0.326 e. The van der Waals surface area contributed by atoms with Crippen molar-refractivity contribution in [1.82, 2.24) is 20.9 Å². The predicted octanol–water partition coefficient (Wildman–Crippen LogP) is -1.85. The minimum absolute atomic E-state index is 0.0475. The molecule has 1 heterocycles. The molecule has 13 nitrogen and oxygen atoms in total. The SMILES string of the molecule is CC(O)C(N)C(=O)NC(CS)C(=O)NC(CCC(N)=O)C(=O)NC(Cc1c[nH]c2ccccc12)C(=O)O. The second-order valence-corrected chi connectivity index (χ2v) is 8.90. The zero-order chi connectivity index (χ0) is 27.7. The number of carboxylic acid groups (broad SMARTS) is 1. The molecule has 0 radical (unpaired) electrons. The van der Waals surface area contributed by atoms with Crippen molar-refractivity contribution in [3.8, 4) is 0 Å². The van der Waals surface area contributed by atoms with Gasteiger partial charge in [0.25, 0.3) is 0 Å². The van der Waals surface area contributed by atoms with Gasteiger partial charge in [0.05, 0.1) is 6.10 Å². The molecular weight excluding hydrogens is 504 g/mol. The van der Waals surface area contributed by atoms with Crippen LogP contribution in [0.1, 0.15) is 25.3 Å². The average Bonchev–Trinajstić information content (AvgIpc) is 3.26. The van der Waals surface area contributed by atoms with E-state index >= 15 is 0 Å². The second-order valence-electron chi connectivity index (χ2n) is 8.54. The Morgan fingerprint density at radius 1 is 1.00 bits per heavy atom. The highest BCUT2D eigenvalue weighted by Crippen LogP contribution is 2.19. The molecule has 0 aliphatic carbocycles. The maximum atomic E-state index is 13.0. The van der Waals surface area contributed by atoms with Crippen LogP contribution in [0.15, 0.2) is 30.5 Å². The number of aromatic nitrogens is 1. The fourth-order valence-corrected chi connectivity index (χ4v) is 3.76. The van der Waals surface area contributed by atoms with E-state index in [2.05, 4.69) is 33.6 Å². The molecule has 2 aromatic rings. The van der Waals surface area contributed by atoms with Gasteiger partial charge in [-0.1, -0.05) is 18.2 Å². The zero-order valence-electron chi connectivity index (χ0n) is 20.1. The van der Waals surface area contributed by atoms with Gasteiger partial charge in [-0.3, -0.25) is 19.2 Å². The number of amides is 4. The fourth-order valence-electron chi connectivity index (χ4n) is 3.50. The number of nitrogens with two attached hydrogens (primary N) is 2. The van der Waals surface area contributed by atoms with E-state index < -0.39 is 59.9 Å². The van der Waals surface area contributed by atoms with Crippen LogP contribution in [0.25, 0.3) is 10.9 Å². The van der Waals surface area contributed by atoms with Gasteiger partial charge in [-0.25, -0.2) is 4.79 Å². The number of thiol groups is 1. The molecule has 4 amide bonds. The van der Waals surface area contributed by atoms with Crippen LogP contribution in [0.2, 0.25) is 0 Å². The van der Waals surface area contributed by atoms with E-state index in [9.17, 15) is 34.2 Å². The van der Waals surface area contributed by atoms with Crippen LogP contribution >= 0.6 is 12.6 Å². The largest absolute Gasteiger partial charge is 0.480 e. The van der Waals surface area contributed by atoms with Gasteiger partial charge in [-0.15, -0.1) is 0 Å². The molecule has 0 saturated heterocycles. The summed E-state index contributed by atoms with van der Waals surface area (Å²) in [6, 6.07) is 2.05. The summed E-state index contributed by atoms with van der Waals surface area (Å²) in [7, 11) is 0. The van der Waals surface area contributed by atoms with Crippen molar-refractivity contribution in [3.63, 3.8) is 0 Å². The summed E-state index contributed by atoms with van der Waals surface area (Å²) in [4.78, 5) is 64.2. The highest BCUT2D eigenvalue weighted by molar-refractivity contribution is 7.80. The van der Waals surface area contributed by atoms with Crippen LogP contribution in [-0.4, -0.2) is 80.8 Å². The topological polar surface area (TPSA) is 230 Å². The molecule has 5 atom stereocenters. The number of carbonyl (C=O) groups is 5. The lowest BCUT2D eigenvalue weighted by Crippen LogP contribution is -2.58. The summed E-state index contributed by atoms with van der Waals surface area (Å²) >= 11 is 4.04.